The molecule has 5 aliphatic rings. The van der Waals surface area contributed by atoms with Crippen molar-refractivity contribution >= 4 is 33.7 Å². The summed E-state index contributed by atoms with van der Waals surface area (Å²) in [6.07, 6.45) is 14.9. The SMILES string of the molecule is CC(C)c1ccc(-c2ccc(F)cc2)cc1.CC(C)c1ccc(C2CCC(C)(C)CC2)cc1.CC(C)c1ccc(C2CCC(C)(F)CC2)cc1.CC(C)c1ccc(N2CCC(C)(F)C2)cc1.CC(C)c1ccc(N2CCC(C)(F)CC2)cc1.CC(C)c1ccc(N2CCCCC2)c2ccccc12.CCNC(=O)c1ccc(C(C)C)cc1. The van der Waals surface area contributed by atoms with E-state index >= 15 is 0 Å². The summed E-state index contributed by atoms with van der Waals surface area (Å²) in [7, 11) is 0. The summed E-state index contributed by atoms with van der Waals surface area (Å²) in [5.74, 6) is 5.19. The summed E-state index contributed by atoms with van der Waals surface area (Å²) < 4.78 is 53.9. The van der Waals surface area contributed by atoms with Crippen LogP contribution in [0.25, 0.3) is 21.9 Å². The Balaban J connectivity index is 0.000000169. The minimum absolute atomic E-state index is 0.00260. The number of piperidine rings is 2. The van der Waals surface area contributed by atoms with Crippen molar-refractivity contribution in [2.24, 2.45) is 5.41 Å². The molecule has 5 nitrogen and oxygen atoms in total. The van der Waals surface area contributed by atoms with Crippen molar-refractivity contribution in [2.45, 2.75) is 299 Å². The molecule has 9 aromatic rings. The molecule has 2 saturated carbocycles. The lowest BCUT2D eigenvalue weighted by Crippen LogP contribution is -2.40. The first-order valence-electron chi connectivity index (χ1n) is 44.5. The third-order valence-corrected chi connectivity index (χ3v) is 24.8. The van der Waals surface area contributed by atoms with Gasteiger partial charge in [-0.1, -0.05) is 262 Å². The molecule has 9 aromatic carbocycles. The second-order valence-electron chi connectivity index (χ2n) is 37.6. The van der Waals surface area contributed by atoms with E-state index in [1.165, 1.54) is 137 Å². The number of carbonyl (C=O) groups excluding carboxylic acids is 1. The number of hydrogen-bond acceptors (Lipinski definition) is 4. The molecule has 1 unspecified atom stereocenters. The number of benzene rings is 9. The van der Waals surface area contributed by atoms with Gasteiger partial charge in [0, 0.05) is 73.7 Å². The number of nitrogens with zero attached hydrogens (tertiary/aromatic N) is 3. The third-order valence-electron chi connectivity index (χ3n) is 24.8. The average Bonchev–Trinajstić information content (AvgIpc) is 0.947. The van der Waals surface area contributed by atoms with Gasteiger partial charge >= 0.3 is 0 Å². The van der Waals surface area contributed by atoms with E-state index in [9.17, 15) is 22.4 Å². The van der Waals surface area contributed by atoms with Crippen LogP contribution in [0.3, 0.4) is 0 Å². The fourth-order valence-electron chi connectivity index (χ4n) is 16.3. The molecule has 3 saturated heterocycles. The van der Waals surface area contributed by atoms with Crippen LogP contribution in [0, 0.1) is 11.2 Å². The van der Waals surface area contributed by atoms with Crippen LogP contribution in [-0.2, 0) is 0 Å². The Morgan fingerprint density at radius 3 is 1.12 bits per heavy atom. The van der Waals surface area contributed by atoms with Crippen molar-refractivity contribution in [1.29, 1.82) is 0 Å². The molecule has 14 rings (SSSR count). The number of carbonyl (C=O) groups is 1. The van der Waals surface area contributed by atoms with Gasteiger partial charge < -0.3 is 20.0 Å². The van der Waals surface area contributed by atoms with Gasteiger partial charge in [0.25, 0.3) is 5.91 Å². The van der Waals surface area contributed by atoms with Crippen molar-refractivity contribution in [3.05, 3.63) is 268 Å². The van der Waals surface area contributed by atoms with Gasteiger partial charge in [-0.05, 0) is 291 Å². The standard InChI is InChI=1S/C18H23N.C17H26.C16H23F.C15H22FN.C15H15F.C14H20FN.C12H17NO/c1-14(2)15-10-11-18(19-12-6-3-7-13-19)17-9-5-4-8-16(15)17;1-13(2)14-5-7-15(8-6-14)16-9-11-17(3,4)12-10-16;1-12(2)13-4-6-14(7-5-13)15-8-10-16(3,17)11-9-15;1-12(2)13-4-6-14(7-5-13)17-10-8-15(3,16)9-11-17;1-11(2)12-3-5-13(6-4-12)14-7-9-15(16)10-8-14;1-11(2)12-4-6-13(7-5-12)16-9-8-14(3,15)10-16;1-4-13-12(14)11-7-5-10(6-8-11)9(2)3/h4-5,8-11,14H,3,6-7,12-13H2,1-2H3;5-8,13,16H,9-12H2,1-4H3;4-7,12,15H,8-11H2,1-3H3;4-7,12H,8-11H2,1-3H3;3-11H,1-2H3;4-7,11H,8-10H2,1-3H3;5-9H,4H2,1-3H3,(H,13,14). The van der Waals surface area contributed by atoms with Crippen LogP contribution in [0.4, 0.5) is 34.6 Å². The summed E-state index contributed by atoms with van der Waals surface area (Å²) >= 11 is 0. The van der Waals surface area contributed by atoms with Crippen LogP contribution in [0.5, 0.6) is 0 Å². The highest BCUT2D eigenvalue weighted by atomic mass is 19.2. The number of nitrogens with one attached hydrogen (secondary N) is 1. The summed E-state index contributed by atoms with van der Waals surface area (Å²) in [4.78, 5) is 18.4. The molecule has 1 amide bonds. The van der Waals surface area contributed by atoms with Crippen LogP contribution in [-0.4, -0.2) is 68.7 Å². The predicted molar refractivity (Wildman–Crippen MR) is 494 cm³/mol. The topological polar surface area (TPSA) is 38.8 Å². The Morgan fingerprint density at radius 1 is 0.371 bits per heavy atom. The molecule has 2 aliphatic carbocycles. The highest BCUT2D eigenvalue weighted by molar-refractivity contribution is 5.97. The molecule has 0 bridgehead atoms. The zero-order valence-corrected chi connectivity index (χ0v) is 74.9. The van der Waals surface area contributed by atoms with E-state index in [4.69, 9.17) is 0 Å². The number of amides is 1. The van der Waals surface area contributed by atoms with E-state index in [0.717, 1.165) is 60.8 Å². The van der Waals surface area contributed by atoms with Gasteiger partial charge in [0.2, 0.25) is 0 Å². The Bertz CT molecular complexity index is 4130. The Labute approximate surface area is 700 Å². The Hall–Kier alpha value is -8.17. The summed E-state index contributed by atoms with van der Waals surface area (Å²) in [6.45, 7) is 48.9. The summed E-state index contributed by atoms with van der Waals surface area (Å²) in [6, 6.07) is 71.8. The van der Waals surface area contributed by atoms with Crippen LogP contribution >= 0.6 is 0 Å². The molecular formula is C107H146F4N4O. The molecule has 3 heterocycles. The first kappa shape index (κ1) is 93.3. The maximum absolute atomic E-state index is 13.7. The molecule has 0 spiro atoms. The van der Waals surface area contributed by atoms with Gasteiger partial charge in [0.05, 0.1) is 6.54 Å². The number of anilines is 3. The van der Waals surface area contributed by atoms with Crippen molar-refractivity contribution < 1.29 is 22.4 Å². The van der Waals surface area contributed by atoms with Crippen molar-refractivity contribution in [1.82, 2.24) is 5.32 Å². The quantitative estimate of drug-likeness (QED) is 0.104. The van der Waals surface area contributed by atoms with Gasteiger partial charge in [-0.25, -0.2) is 17.6 Å². The van der Waals surface area contributed by atoms with Gasteiger partial charge in [0.1, 0.15) is 22.8 Å². The Kier molecular flexibility index (Phi) is 35.4. The number of fused-ring (bicyclic) bond motifs is 1. The van der Waals surface area contributed by atoms with E-state index in [1.807, 2.05) is 31.2 Å². The van der Waals surface area contributed by atoms with Crippen molar-refractivity contribution in [3.8, 4) is 11.1 Å². The second kappa shape index (κ2) is 44.0. The van der Waals surface area contributed by atoms with Crippen molar-refractivity contribution in [2.75, 3.05) is 60.5 Å². The number of alkyl halides is 3. The largest absolute Gasteiger partial charge is 0.371 e. The maximum atomic E-state index is 13.7. The summed E-state index contributed by atoms with van der Waals surface area (Å²) in [5, 5.41) is 5.63. The Morgan fingerprint density at radius 2 is 0.724 bits per heavy atom. The summed E-state index contributed by atoms with van der Waals surface area (Å²) in [5.41, 5.74) is 17.0. The number of rotatable bonds is 15. The van der Waals surface area contributed by atoms with Crippen molar-refractivity contribution in [3.63, 3.8) is 0 Å². The number of halogens is 4. The zero-order chi connectivity index (χ0) is 84.5. The monoisotopic (exact) mass is 1580 g/mol. The normalized spacial score (nSPS) is 19.2. The molecule has 3 aliphatic heterocycles. The molecule has 0 aromatic heterocycles. The van der Waals surface area contributed by atoms with E-state index in [0.29, 0.717) is 98.0 Å². The minimum Gasteiger partial charge on any atom is -0.371 e. The highest BCUT2D eigenvalue weighted by Crippen LogP contribution is 2.44. The smallest absolute Gasteiger partial charge is 0.251 e. The zero-order valence-electron chi connectivity index (χ0n) is 74.9. The van der Waals surface area contributed by atoms with Crippen LogP contribution in [0.15, 0.2) is 206 Å². The highest BCUT2D eigenvalue weighted by Gasteiger charge is 2.35. The van der Waals surface area contributed by atoms with E-state index in [2.05, 4.69) is 289 Å². The fraction of sp³-hybridized carbons (Fsp3) is 0.505. The molecule has 116 heavy (non-hydrogen) atoms. The molecule has 1 atom stereocenters. The van der Waals surface area contributed by atoms with Crippen LogP contribution in [0.2, 0.25) is 0 Å². The maximum Gasteiger partial charge on any atom is 0.251 e. The molecule has 5 fully saturated rings. The van der Waals surface area contributed by atoms with Gasteiger partial charge in [-0.3, -0.25) is 4.79 Å². The molecule has 1 N–H and O–H groups in total. The van der Waals surface area contributed by atoms with Crippen LogP contribution in [0.1, 0.15) is 342 Å². The number of hydrogen-bond donors (Lipinski definition) is 1. The first-order valence-corrected chi connectivity index (χ1v) is 44.5. The second-order valence-corrected chi connectivity index (χ2v) is 37.6. The molecular weight excluding hydrogens is 1430 g/mol. The predicted octanol–water partition coefficient (Wildman–Crippen LogP) is 30.7. The van der Waals surface area contributed by atoms with Gasteiger partial charge in [0.15, 0.2) is 0 Å². The minimum atomic E-state index is -1.02. The molecule has 9 heteroatoms. The van der Waals surface area contributed by atoms with Gasteiger partial charge in [-0.2, -0.15) is 0 Å². The first-order chi connectivity index (χ1) is 55.0. The lowest BCUT2D eigenvalue weighted by molar-refractivity contribution is 0.0955. The average molecular weight is 1580 g/mol. The van der Waals surface area contributed by atoms with Crippen LogP contribution < -0.4 is 20.0 Å². The lowest BCUT2D eigenvalue weighted by atomic mass is 9.71. The molecule has 0 radical (unpaired) electrons. The van der Waals surface area contributed by atoms with E-state index in [1.54, 1.807) is 38.5 Å². The van der Waals surface area contributed by atoms with Gasteiger partial charge in [-0.15, -0.1) is 0 Å². The van der Waals surface area contributed by atoms with E-state index in [-0.39, 0.29) is 11.7 Å². The van der Waals surface area contributed by atoms with E-state index < -0.39 is 17.0 Å². The lowest BCUT2D eigenvalue weighted by Gasteiger charge is -2.35. The third kappa shape index (κ3) is 29.1. The molecule has 628 valence electrons. The fourth-order valence-corrected chi connectivity index (χ4v) is 16.3.